The number of halogens is 3. The van der Waals surface area contributed by atoms with Crippen molar-refractivity contribution in [2.45, 2.75) is 19.5 Å². The Morgan fingerprint density at radius 3 is 2.47 bits per heavy atom. The standard InChI is InChI=1S/C29H20F3N5O/c1-17-13-20(16-21(14-17)29(30,31)32)25(38)15-18-8-10-19(11-9-18)27-35-36-28-22-5-2-3-6-23(22)34-26-24(37(27)28)7-4-12-33-26/h2-14,16H,15H2,1H3,(H,33,34). The lowest BCUT2D eigenvalue weighted by atomic mass is 9.98. The number of anilines is 2. The van der Waals surface area contributed by atoms with E-state index in [2.05, 4.69) is 20.5 Å². The summed E-state index contributed by atoms with van der Waals surface area (Å²) in [4.78, 5) is 17.3. The number of hydrogen-bond donors (Lipinski definition) is 1. The summed E-state index contributed by atoms with van der Waals surface area (Å²) in [5.74, 6) is 1.54. The monoisotopic (exact) mass is 511 g/mol. The van der Waals surface area contributed by atoms with E-state index in [1.807, 2.05) is 53.1 Å². The van der Waals surface area contributed by atoms with Crippen molar-refractivity contribution in [3.05, 3.63) is 107 Å². The summed E-state index contributed by atoms with van der Waals surface area (Å²) in [6.07, 6.45) is -2.83. The summed E-state index contributed by atoms with van der Waals surface area (Å²) in [7, 11) is 0. The lowest BCUT2D eigenvalue weighted by Gasteiger charge is -2.12. The van der Waals surface area contributed by atoms with Gasteiger partial charge in [-0.05, 0) is 60.5 Å². The Morgan fingerprint density at radius 1 is 0.921 bits per heavy atom. The molecule has 0 spiro atoms. The van der Waals surface area contributed by atoms with Gasteiger partial charge in [0.25, 0.3) is 0 Å². The summed E-state index contributed by atoms with van der Waals surface area (Å²) in [6, 6.07) is 22.2. The number of nitrogens with one attached hydrogen (secondary N) is 1. The minimum Gasteiger partial charge on any atom is -0.338 e. The van der Waals surface area contributed by atoms with E-state index in [1.54, 1.807) is 25.3 Å². The third-order valence-electron chi connectivity index (χ3n) is 6.41. The van der Waals surface area contributed by atoms with Gasteiger partial charge < -0.3 is 5.32 Å². The molecule has 0 radical (unpaired) electrons. The van der Waals surface area contributed by atoms with E-state index in [1.165, 1.54) is 6.07 Å². The number of benzene rings is 3. The van der Waals surface area contributed by atoms with Gasteiger partial charge in [0.15, 0.2) is 23.2 Å². The van der Waals surface area contributed by atoms with Gasteiger partial charge in [0.05, 0.1) is 16.9 Å². The predicted octanol–water partition coefficient (Wildman–Crippen LogP) is 6.81. The Kier molecular flexibility index (Phi) is 5.56. The van der Waals surface area contributed by atoms with Gasteiger partial charge in [-0.3, -0.25) is 9.36 Å². The first-order chi connectivity index (χ1) is 18.3. The predicted molar refractivity (Wildman–Crippen MR) is 138 cm³/mol. The Labute approximate surface area is 215 Å². The van der Waals surface area contributed by atoms with Crippen molar-refractivity contribution in [3.63, 3.8) is 0 Å². The molecule has 3 aromatic carbocycles. The van der Waals surface area contributed by atoms with Gasteiger partial charge in [-0.2, -0.15) is 13.2 Å². The number of pyridine rings is 1. The van der Waals surface area contributed by atoms with Crippen molar-refractivity contribution in [2.75, 3.05) is 5.32 Å². The number of carbonyl (C=O) groups is 1. The molecular weight excluding hydrogens is 491 g/mol. The van der Waals surface area contributed by atoms with Gasteiger partial charge in [0.1, 0.15) is 0 Å². The van der Waals surface area contributed by atoms with Gasteiger partial charge in [-0.1, -0.05) is 36.4 Å². The lowest BCUT2D eigenvalue weighted by molar-refractivity contribution is -0.137. The van der Waals surface area contributed by atoms with Gasteiger partial charge >= 0.3 is 6.18 Å². The Hall–Kier alpha value is -4.79. The molecule has 2 aromatic heterocycles. The molecule has 1 N–H and O–H groups in total. The van der Waals surface area contributed by atoms with Gasteiger partial charge in [0, 0.05) is 29.3 Å². The smallest absolute Gasteiger partial charge is 0.338 e. The lowest BCUT2D eigenvalue weighted by Crippen LogP contribution is -2.10. The second-order valence-electron chi connectivity index (χ2n) is 9.11. The van der Waals surface area contributed by atoms with E-state index in [0.717, 1.165) is 34.6 Å². The number of alkyl halides is 3. The van der Waals surface area contributed by atoms with Gasteiger partial charge in [-0.25, -0.2) is 4.98 Å². The first-order valence-corrected chi connectivity index (χ1v) is 11.9. The topological polar surface area (TPSA) is 72.7 Å². The summed E-state index contributed by atoms with van der Waals surface area (Å²) in [5, 5.41) is 12.3. The molecule has 6 rings (SSSR count). The number of para-hydroxylation sites is 1. The SMILES string of the molecule is Cc1cc(C(=O)Cc2ccc(-c3nnc4n3-c3cccnc3Nc3ccccc3-4)cc2)cc(C(F)(F)F)c1. The van der Waals surface area contributed by atoms with Crippen molar-refractivity contribution < 1.29 is 18.0 Å². The number of aromatic nitrogens is 4. The number of carbonyl (C=O) groups excluding carboxylic acids is 1. The largest absolute Gasteiger partial charge is 0.416 e. The number of hydrogen-bond acceptors (Lipinski definition) is 5. The van der Waals surface area contributed by atoms with Crippen molar-refractivity contribution in [2.24, 2.45) is 0 Å². The summed E-state index contributed by atoms with van der Waals surface area (Å²) in [6.45, 7) is 1.55. The zero-order valence-electron chi connectivity index (χ0n) is 20.1. The number of nitrogens with zero attached hydrogens (tertiary/aromatic N) is 4. The van der Waals surface area contributed by atoms with Crippen LogP contribution < -0.4 is 5.32 Å². The maximum atomic E-state index is 13.2. The fourth-order valence-corrected chi connectivity index (χ4v) is 4.63. The zero-order chi connectivity index (χ0) is 26.4. The van der Waals surface area contributed by atoms with Crippen LogP contribution in [0.25, 0.3) is 28.5 Å². The van der Waals surface area contributed by atoms with E-state index in [9.17, 15) is 18.0 Å². The minimum absolute atomic E-state index is 0.0248. The maximum absolute atomic E-state index is 13.2. The molecule has 1 aliphatic rings. The number of Topliss-reactive ketones (excluding diaryl/α,β-unsaturated/α-hetero) is 1. The average molecular weight is 512 g/mol. The highest BCUT2D eigenvalue weighted by atomic mass is 19.4. The highest BCUT2D eigenvalue weighted by molar-refractivity contribution is 5.98. The molecule has 0 unspecified atom stereocenters. The van der Waals surface area contributed by atoms with Crippen LogP contribution in [0, 0.1) is 6.92 Å². The fraction of sp³-hybridized carbons (Fsp3) is 0.103. The molecule has 5 aromatic rings. The van der Waals surface area contributed by atoms with Crippen LogP contribution in [0.3, 0.4) is 0 Å². The number of aryl methyl sites for hydroxylation is 1. The fourth-order valence-electron chi connectivity index (χ4n) is 4.63. The Balaban J connectivity index is 1.33. The Morgan fingerprint density at radius 2 is 1.68 bits per heavy atom. The normalized spacial score (nSPS) is 12.1. The van der Waals surface area contributed by atoms with E-state index >= 15 is 0 Å². The van der Waals surface area contributed by atoms with Crippen LogP contribution in [0.5, 0.6) is 0 Å². The first kappa shape index (κ1) is 23.6. The van der Waals surface area contributed by atoms with Crippen molar-refractivity contribution in [1.82, 2.24) is 19.7 Å². The second-order valence-corrected chi connectivity index (χ2v) is 9.11. The van der Waals surface area contributed by atoms with Gasteiger partial charge in [0.2, 0.25) is 0 Å². The second kappa shape index (κ2) is 8.95. The van der Waals surface area contributed by atoms with Crippen molar-refractivity contribution in [3.8, 4) is 28.5 Å². The van der Waals surface area contributed by atoms with Crippen LogP contribution >= 0.6 is 0 Å². The van der Waals surface area contributed by atoms with Crippen LogP contribution in [0.4, 0.5) is 24.7 Å². The molecule has 3 heterocycles. The van der Waals surface area contributed by atoms with Crippen LogP contribution in [0.15, 0.2) is 85.1 Å². The summed E-state index contributed by atoms with van der Waals surface area (Å²) < 4.78 is 41.6. The highest BCUT2D eigenvalue weighted by Gasteiger charge is 2.31. The molecule has 6 nitrogen and oxygen atoms in total. The molecule has 0 atom stereocenters. The molecule has 38 heavy (non-hydrogen) atoms. The van der Waals surface area contributed by atoms with E-state index < -0.39 is 11.7 Å². The summed E-state index contributed by atoms with van der Waals surface area (Å²) >= 11 is 0. The third kappa shape index (κ3) is 4.21. The minimum atomic E-state index is -4.51. The third-order valence-corrected chi connectivity index (χ3v) is 6.41. The molecule has 0 amide bonds. The van der Waals surface area contributed by atoms with Crippen molar-refractivity contribution in [1.29, 1.82) is 0 Å². The molecule has 0 saturated heterocycles. The maximum Gasteiger partial charge on any atom is 0.416 e. The molecule has 188 valence electrons. The first-order valence-electron chi connectivity index (χ1n) is 11.9. The van der Waals surface area contributed by atoms with E-state index in [0.29, 0.717) is 28.6 Å². The number of rotatable bonds is 4. The summed E-state index contributed by atoms with van der Waals surface area (Å²) in [5.41, 5.74) is 3.58. The molecule has 1 aliphatic heterocycles. The molecule has 0 saturated carbocycles. The van der Waals surface area contributed by atoms with Crippen LogP contribution in [0.1, 0.15) is 27.0 Å². The molecule has 0 aliphatic carbocycles. The zero-order valence-corrected chi connectivity index (χ0v) is 20.1. The van der Waals surface area contributed by atoms with E-state index in [-0.39, 0.29) is 17.8 Å². The molecular formula is C29H20F3N5O. The van der Waals surface area contributed by atoms with E-state index in [4.69, 9.17) is 0 Å². The van der Waals surface area contributed by atoms with Crippen LogP contribution in [0.2, 0.25) is 0 Å². The Bertz CT molecular complexity index is 1690. The molecule has 9 heteroatoms. The highest BCUT2D eigenvalue weighted by Crippen LogP contribution is 2.39. The van der Waals surface area contributed by atoms with Crippen LogP contribution in [-0.4, -0.2) is 25.5 Å². The molecule has 0 fully saturated rings. The quantitative estimate of drug-likeness (QED) is 0.263. The average Bonchev–Trinajstić information content (AvgIpc) is 3.28. The van der Waals surface area contributed by atoms with Gasteiger partial charge in [-0.15, -0.1) is 10.2 Å². The van der Waals surface area contributed by atoms with Crippen molar-refractivity contribution >= 4 is 17.3 Å². The van der Waals surface area contributed by atoms with Crippen LogP contribution in [-0.2, 0) is 12.6 Å². The molecule has 0 bridgehead atoms. The number of ketones is 1. The number of fused-ring (bicyclic) bond motifs is 5.